The van der Waals surface area contributed by atoms with Crippen LogP contribution >= 0.6 is 23.4 Å². The highest BCUT2D eigenvalue weighted by Crippen LogP contribution is 2.33. The summed E-state index contributed by atoms with van der Waals surface area (Å²) in [6.07, 6.45) is 3.83. The molecule has 0 saturated carbocycles. The van der Waals surface area contributed by atoms with E-state index in [1.807, 2.05) is 30.0 Å². The zero-order chi connectivity index (χ0) is 11.8. The first-order chi connectivity index (χ1) is 7.79. The summed E-state index contributed by atoms with van der Waals surface area (Å²) in [7, 11) is 0. The van der Waals surface area contributed by atoms with Crippen LogP contribution < -0.4 is 5.73 Å². The van der Waals surface area contributed by atoms with Gasteiger partial charge >= 0.3 is 0 Å². The predicted molar refractivity (Wildman–Crippen MR) is 75.2 cm³/mol. The third-order valence-corrected chi connectivity index (χ3v) is 4.25. The Bertz CT molecular complexity index is 304. The Morgan fingerprint density at radius 3 is 2.69 bits per heavy atom. The average molecular weight is 258 g/mol. The van der Waals surface area contributed by atoms with Gasteiger partial charge in [0, 0.05) is 16.8 Å². The van der Waals surface area contributed by atoms with Crippen molar-refractivity contribution in [2.45, 2.75) is 31.4 Å². The topological polar surface area (TPSA) is 26.0 Å². The number of nitrogens with two attached hydrogens (primary N) is 1. The van der Waals surface area contributed by atoms with Crippen LogP contribution in [-0.4, -0.2) is 12.3 Å². The van der Waals surface area contributed by atoms with Gasteiger partial charge in [0.15, 0.2) is 0 Å². The number of thioether (sulfide) groups is 1. The summed E-state index contributed by atoms with van der Waals surface area (Å²) in [4.78, 5) is 0. The van der Waals surface area contributed by atoms with Gasteiger partial charge in [-0.25, -0.2) is 0 Å². The van der Waals surface area contributed by atoms with Gasteiger partial charge in [0.1, 0.15) is 0 Å². The molecule has 1 rings (SSSR count). The summed E-state index contributed by atoms with van der Waals surface area (Å²) in [5.74, 6) is 1.17. The van der Waals surface area contributed by atoms with Gasteiger partial charge in [-0.3, -0.25) is 0 Å². The summed E-state index contributed by atoms with van der Waals surface area (Å²) < 4.78 is 0. The van der Waals surface area contributed by atoms with E-state index >= 15 is 0 Å². The van der Waals surface area contributed by atoms with Crippen molar-refractivity contribution >= 4 is 23.4 Å². The van der Waals surface area contributed by atoms with Crippen LogP contribution in [0.15, 0.2) is 24.3 Å². The Hall–Kier alpha value is -0.180. The molecule has 90 valence electrons. The van der Waals surface area contributed by atoms with Gasteiger partial charge in [0.25, 0.3) is 0 Å². The lowest BCUT2D eigenvalue weighted by molar-refractivity contribution is 0.776. The average Bonchev–Trinajstić information content (AvgIpc) is 2.31. The summed E-state index contributed by atoms with van der Waals surface area (Å²) in [6.45, 7) is 2.87. The second-order valence-corrected chi connectivity index (χ2v) is 5.54. The van der Waals surface area contributed by atoms with Crippen LogP contribution in [0.2, 0.25) is 5.02 Å². The van der Waals surface area contributed by atoms with Crippen molar-refractivity contribution in [3.8, 4) is 0 Å². The van der Waals surface area contributed by atoms with Gasteiger partial charge in [-0.05, 0) is 23.8 Å². The Labute approximate surface area is 108 Å². The lowest BCUT2D eigenvalue weighted by Crippen LogP contribution is -2.10. The van der Waals surface area contributed by atoms with E-state index in [2.05, 4.69) is 13.0 Å². The molecule has 0 bridgehead atoms. The molecular weight excluding hydrogens is 238 g/mol. The summed E-state index contributed by atoms with van der Waals surface area (Å²) in [6, 6.07) is 8.00. The maximum atomic E-state index is 6.17. The molecule has 0 saturated heterocycles. The van der Waals surface area contributed by atoms with Crippen molar-refractivity contribution in [1.82, 2.24) is 0 Å². The molecule has 0 spiro atoms. The quantitative estimate of drug-likeness (QED) is 0.739. The van der Waals surface area contributed by atoms with Crippen molar-refractivity contribution in [2.24, 2.45) is 5.73 Å². The van der Waals surface area contributed by atoms with E-state index in [4.69, 9.17) is 17.3 Å². The largest absolute Gasteiger partial charge is 0.329 e. The minimum Gasteiger partial charge on any atom is -0.329 e. The molecule has 0 radical (unpaired) electrons. The van der Waals surface area contributed by atoms with Crippen LogP contribution in [0, 0.1) is 0 Å². The number of rotatable bonds is 7. The van der Waals surface area contributed by atoms with Gasteiger partial charge in [-0.1, -0.05) is 49.6 Å². The number of hydrogen-bond donors (Lipinski definition) is 1. The van der Waals surface area contributed by atoms with Gasteiger partial charge < -0.3 is 5.73 Å². The summed E-state index contributed by atoms with van der Waals surface area (Å²) >= 11 is 8.09. The normalized spacial score (nSPS) is 12.7. The smallest absolute Gasteiger partial charge is 0.0449 e. The highest BCUT2D eigenvalue weighted by Gasteiger charge is 2.12. The molecule has 0 aliphatic heterocycles. The standard InChI is InChI=1S/C13H20ClNS/c1-2-3-6-9-16-13(10-15)11-7-4-5-8-12(11)14/h4-5,7-8,13H,2-3,6,9-10,15H2,1H3. The van der Waals surface area contributed by atoms with Crippen LogP contribution in [0.25, 0.3) is 0 Å². The fourth-order valence-electron chi connectivity index (χ4n) is 1.60. The van der Waals surface area contributed by atoms with E-state index in [9.17, 15) is 0 Å². The number of halogens is 1. The second kappa shape index (κ2) is 7.99. The fraction of sp³-hybridized carbons (Fsp3) is 0.538. The Kier molecular flexibility index (Phi) is 6.93. The first-order valence-electron chi connectivity index (χ1n) is 5.85. The molecule has 0 amide bonds. The molecule has 0 heterocycles. The molecule has 1 unspecified atom stereocenters. The van der Waals surface area contributed by atoms with Crippen LogP contribution in [0.5, 0.6) is 0 Å². The van der Waals surface area contributed by atoms with Crippen molar-refractivity contribution in [2.75, 3.05) is 12.3 Å². The van der Waals surface area contributed by atoms with Crippen molar-refractivity contribution in [3.05, 3.63) is 34.9 Å². The molecule has 0 fully saturated rings. The van der Waals surface area contributed by atoms with Crippen molar-refractivity contribution in [3.63, 3.8) is 0 Å². The molecule has 0 aromatic heterocycles. The Morgan fingerprint density at radius 1 is 1.31 bits per heavy atom. The lowest BCUT2D eigenvalue weighted by atomic mass is 10.1. The lowest BCUT2D eigenvalue weighted by Gasteiger charge is -2.16. The zero-order valence-corrected chi connectivity index (χ0v) is 11.4. The van der Waals surface area contributed by atoms with Crippen LogP contribution in [0.4, 0.5) is 0 Å². The molecular formula is C13H20ClNS. The SMILES string of the molecule is CCCCCSC(CN)c1ccccc1Cl. The minimum atomic E-state index is 0.338. The van der Waals surface area contributed by atoms with Gasteiger partial charge in [-0.15, -0.1) is 0 Å². The highest BCUT2D eigenvalue weighted by molar-refractivity contribution is 7.99. The molecule has 1 atom stereocenters. The van der Waals surface area contributed by atoms with E-state index in [1.54, 1.807) is 0 Å². The molecule has 3 heteroatoms. The predicted octanol–water partition coefficient (Wildman–Crippen LogP) is 4.26. The zero-order valence-electron chi connectivity index (χ0n) is 9.79. The monoisotopic (exact) mass is 257 g/mol. The van der Waals surface area contributed by atoms with E-state index in [-0.39, 0.29) is 0 Å². The fourth-order valence-corrected chi connectivity index (χ4v) is 3.11. The molecule has 1 aromatic carbocycles. The molecule has 0 aliphatic rings. The first-order valence-corrected chi connectivity index (χ1v) is 7.28. The molecule has 0 aliphatic carbocycles. The number of unbranched alkanes of at least 4 members (excludes halogenated alkanes) is 2. The Balaban J connectivity index is 2.51. The number of hydrogen-bond acceptors (Lipinski definition) is 2. The third-order valence-electron chi connectivity index (χ3n) is 2.53. The van der Waals surface area contributed by atoms with Crippen LogP contribution in [-0.2, 0) is 0 Å². The summed E-state index contributed by atoms with van der Waals surface area (Å²) in [5.41, 5.74) is 6.98. The summed E-state index contributed by atoms with van der Waals surface area (Å²) in [5, 5.41) is 1.17. The van der Waals surface area contributed by atoms with Gasteiger partial charge in [0.2, 0.25) is 0 Å². The third kappa shape index (κ3) is 4.36. The Morgan fingerprint density at radius 2 is 2.06 bits per heavy atom. The molecule has 2 N–H and O–H groups in total. The number of benzene rings is 1. The van der Waals surface area contributed by atoms with E-state index < -0.39 is 0 Å². The minimum absolute atomic E-state index is 0.338. The van der Waals surface area contributed by atoms with E-state index in [1.165, 1.54) is 30.6 Å². The highest BCUT2D eigenvalue weighted by atomic mass is 35.5. The van der Waals surface area contributed by atoms with Crippen molar-refractivity contribution < 1.29 is 0 Å². The van der Waals surface area contributed by atoms with Crippen LogP contribution in [0.3, 0.4) is 0 Å². The van der Waals surface area contributed by atoms with Crippen molar-refractivity contribution in [1.29, 1.82) is 0 Å². The van der Waals surface area contributed by atoms with Gasteiger partial charge in [-0.2, -0.15) is 11.8 Å². The second-order valence-electron chi connectivity index (χ2n) is 3.82. The maximum Gasteiger partial charge on any atom is 0.0449 e. The molecule has 1 nitrogen and oxygen atoms in total. The maximum absolute atomic E-state index is 6.17. The van der Waals surface area contributed by atoms with E-state index in [0.29, 0.717) is 11.8 Å². The van der Waals surface area contributed by atoms with Gasteiger partial charge in [0.05, 0.1) is 0 Å². The molecule has 1 aromatic rings. The molecule has 16 heavy (non-hydrogen) atoms. The van der Waals surface area contributed by atoms with Crippen LogP contribution in [0.1, 0.15) is 37.0 Å². The first kappa shape index (κ1) is 13.9. The van der Waals surface area contributed by atoms with E-state index in [0.717, 1.165) is 5.02 Å².